The molecule has 14 heavy (non-hydrogen) atoms. The van der Waals surface area contributed by atoms with Crippen LogP contribution in [0.1, 0.15) is 45.4 Å². The molecule has 0 aromatic heterocycles. The van der Waals surface area contributed by atoms with E-state index in [-0.39, 0.29) is 0 Å². The van der Waals surface area contributed by atoms with E-state index in [1.807, 2.05) is 0 Å². The Labute approximate surface area is 85.1 Å². The Bertz CT molecular complexity index is 229. The predicted octanol–water partition coefficient (Wildman–Crippen LogP) is 1.87. The lowest BCUT2D eigenvalue weighted by Gasteiger charge is -2.37. The van der Waals surface area contributed by atoms with Gasteiger partial charge in [-0.1, -0.05) is 19.8 Å². The Morgan fingerprint density at radius 3 is 2.36 bits per heavy atom. The highest BCUT2D eigenvalue weighted by atomic mass is 16.4. The van der Waals surface area contributed by atoms with E-state index in [0.717, 1.165) is 32.2 Å². The van der Waals surface area contributed by atoms with Gasteiger partial charge in [-0.25, -0.2) is 0 Å². The first-order chi connectivity index (χ1) is 6.70. The van der Waals surface area contributed by atoms with E-state index >= 15 is 0 Å². The van der Waals surface area contributed by atoms with Crippen LogP contribution in [-0.4, -0.2) is 34.1 Å². The van der Waals surface area contributed by atoms with Gasteiger partial charge in [0.1, 0.15) is 5.54 Å². The zero-order valence-electron chi connectivity index (χ0n) is 8.83. The van der Waals surface area contributed by atoms with Gasteiger partial charge in [-0.3, -0.25) is 9.69 Å². The molecule has 1 N–H and O–H groups in total. The molecule has 0 atom stereocenters. The molecule has 0 heterocycles. The minimum Gasteiger partial charge on any atom is -0.480 e. The fourth-order valence-corrected chi connectivity index (χ4v) is 2.88. The van der Waals surface area contributed by atoms with Crippen molar-refractivity contribution in [2.45, 2.75) is 57.0 Å². The second-order valence-corrected chi connectivity index (χ2v) is 4.56. The normalized spacial score (nSPS) is 25.6. The van der Waals surface area contributed by atoms with Crippen molar-refractivity contribution in [1.29, 1.82) is 0 Å². The summed E-state index contributed by atoms with van der Waals surface area (Å²) in [7, 11) is 0. The van der Waals surface area contributed by atoms with E-state index in [0.29, 0.717) is 6.04 Å². The average molecular weight is 197 g/mol. The number of likely N-dealkylation sites (N-methyl/N-ethyl adjacent to an activating group) is 1. The van der Waals surface area contributed by atoms with Crippen molar-refractivity contribution in [3.8, 4) is 0 Å². The Kier molecular flexibility index (Phi) is 2.52. The average Bonchev–Trinajstić information content (AvgIpc) is 2.84. The van der Waals surface area contributed by atoms with Crippen LogP contribution in [0.3, 0.4) is 0 Å². The summed E-state index contributed by atoms with van der Waals surface area (Å²) >= 11 is 0. The molecule has 0 aromatic carbocycles. The second kappa shape index (κ2) is 3.54. The van der Waals surface area contributed by atoms with Crippen LogP contribution in [0, 0.1) is 0 Å². The summed E-state index contributed by atoms with van der Waals surface area (Å²) in [5.74, 6) is -0.594. The Balaban J connectivity index is 2.19. The summed E-state index contributed by atoms with van der Waals surface area (Å²) in [4.78, 5) is 13.7. The van der Waals surface area contributed by atoms with Gasteiger partial charge in [0, 0.05) is 6.04 Å². The molecule has 0 spiro atoms. The van der Waals surface area contributed by atoms with Crippen LogP contribution >= 0.6 is 0 Å². The Morgan fingerprint density at radius 1 is 1.43 bits per heavy atom. The van der Waals surface area contributed by atoms with E-state index in [1.165, 1.54) is 12.8 Å². The third-order valence-electron chi connectivity index (χ3n) is 3.71. The molecule has 2 aliphatic rings. The minimum absolute atomic E-state index is 0.504. The first kappa shape index (κ1) is 9.97. The number of nitrogens with zero attached hydrogens (tertiary/aromatic N) is 1. The molecule has 0 unspecified atom stereocenters. The van der Waals surface area contributed by atoms with Gasteiger partial charge >= 0.3 is 5.97 Å². The zero-order valence-corrected chi connectivity index (χ0v) is 8.83. The molecule has 3 heteroatoms. The lowest BCUT2D eigenvalue weighted by molar-refractivity contribution is -0.151. The molecule has 0 radical (unpaired) electrons. The molecule has 3 nitrogen and oxygen atoms in total. The van der Waals surface area contributed by atoms with Crippen molar-refractivity contribution in [2.24, 2.45) is 0 Å². The van der Waals surface area contributed by atoms with E-state index in [4.69, 9.17) is 0 Å². The molecule has 0 amide bonds. The lowest BCUT2D eigenvalue weighted by Crippen LogP contribution is -2.53. The Hall–Kier alpha value is -0.570. The third-order valence-corrected chi connectivity index (χ3v) is 3.71. The number of aliphatic carboxylic acids is 1. The summed E-state index contributed by atoms with van der Waals surface area (Å²) in [6, 6.07) is 0.564. The summed E-state index contributed by atoms with van der Waals surface area (Å²) in [6.07, 6.45) is 6.26. The maximum absolute atomic E-state index is 11.4. The molecule has 80 valence electrons. The van der Waals surface area contributed by atoms with Gasteiger partial charge in [-0.05, 0) is 32.2 Å². The molecule has 0 aliphatic heterocycles. The highest BCUT2D eigenvalue weighted by Crippen LogP contribution is 2.41. The van der Waals surface area contributed by atoms with Gasteiger partial charge in [0.25, 0.3) is 0 Å². The van der Waals surface area contributed by atoms with Crippen molar-refractivity contribution in [3.05, 3.63) is 0 Å². The van der Waals surface area contributed by atoms with Crippen molar-refractivity contribution in [3.63, 3.8) is 0 Å². The topological polar surface area (TPSA) is 40.5 Å². The molecule has 0 saturated heterocycles. The van der Waals surface area contributed by atoms with Crippen molar-refractivity contribution >= 4 is 5.97 Å². The van der Waals surface area contributed by atoms with Crippen molar-refractivity contribution in [2.75, 3.05) is 6.54 Å². The standard InChI is InChI=1S/C11H19NO2/c1-2-12(9-5-6-9)11(10(13)14)7-3-4-8-11/h9H,2-8H2,1H3,(H,13,14). The van der Waals surface area contributed by atoms with Crippen LogP contribution < -0.4 is 0 Å². The second-order valence-electron chi connectivity index (χ2n) is 4.56. The molecule has 2 saturated carbocycles. The van der Waals surface area contributed by atoms with Crippen molar-refractivity contribution in [1.82, 2.24) is 4.90 Å². The number of hydrogen-bond donors (Lipinski definition) is 1. The maximum Gasteiger partial charge on any atom is 0.324 e. The maximum atomic E-state index is 11.4. The molecule has 2 rings (SSSR count). The number of carboxylic acid groups (broad SMARTS) is 1. The minimum atomic E-state index is -0.594. The third kappa shape index (κ3) is 1.44. The summed E-state index contributed by atoms with van der Waals surface area (Å²) < 4.78 is 0. The molecule has 0 bridgehead atoms. The van der Waals surface area contributed by atoms with Crippen LogP contribution in [0.5, 0.6) is 0 Å². The van der Waals surface area contributed by atoms with E-state index < -0.39 is 11.5 Å². The summed E-state index contributed by atoms with van der Waals surface area (Å²) in [6.45, 7) is 2.97. The number of carbonyl (C=O) groups is 1. The van der Waals surface area contributed by atoms with Crippen LogP contribution in [0.15, 0.2) is 0 Å². The largest absolute Gasteiger partial charge is 0.480 e. The van der Waals surface area contributed by atoms with Crippen molar-refractivity contribution < 1.29 is 9.90 Å². The first-order valence-electron chi connectivity index (χ1n) is 5.71. The molecule has 2 aliphatic carbocycles. The lowest BCUT2D eigenvalue weighted by atomic mass is 9.95. The number of hydrogen-bond acceptors (Lipinski definition) is 2. The molecular weight excluding hydrogens is 178 g/mol. The summed E-state index contributed by atoms with van der Waals surface area (Å²) in [5.41, 5.74) is -0.504. The highest BCUT2D eigenvalue weighted by molar-refractivity contribution is 5.79. The molecule has 0 aromatic rings. The smallest absolute Gasteiger partial charge is 0.324 e. The zero-order chi connectivity index (χ0) is 10.2. The predicted molar refractivity (Wildman–Crippen MR) is 54.2 cm³/mol. The van der Waals surface area contributed by atoms with Gasteiger partial charge in [0.2, 0.25) is 0 Å². The van der Waals surface area contributed by atoms with Gasteiger partial charge < -0.3 is 5.11 Å². The SMILES string of the molecule is CCN(C1CC1)C1(C(=O)O)CCCC1. The van der Waals surface area contributed by atoms with Crippen LogP contribution in [0.25, 0.3) is 0 Å². The fourth-order valence-electron chi connectivity index (χ4n) is 2.88. The van der Waals surface area contributed by atoms with Crippen LogP contribution in [0.4, 0.5) is 0 Å². The van der Waals surface area contributed by atoms with Gasteiger partial charge in [0.05, 0.1) is 0 Å². The van der Waals surface area contributed by atoms with E-state index in [9.17, 15) is 9.90 Å². The Morgan fingerprint density at radius 2 is 2.00 bits per heavy atom. The fraction of sp³-hybridized carbons (Fsp3) is 0.909. The van der Waals surface area contributed by atoms with Crippen LogP contribution in [-0.2, 0) is 4.79 Å². The number of rotatable bonds is 4. The molecule has 2 fully saturated rings. The van der Waals surface area contributed by atoms with E-state index in [1.54, 1.807) is 0 Å². The van der Waals surface area contributed by atoms with Crippen LogP contribution in [0.2, 0.25) is 0 Å². The first-order valence-corrected chi connectivity index (χ1v) is 5.71. The number of carboxylic acids is 1. The van der Waals surface area contributed by atoms with Gasteiger partial charge in [-0.2, -0.15) is 0 Å². The highest BCUT2D eigenvalue weighted by Gasteiger charge is 2.50. The van der Waals surface area contributed by atoms with E-state index in [2.05, 4.69) is 11.8 Å². The summed E-state index contributed by atoms with van der Waals surface area (Å²) in [5, 5.41) is 9.40. The van der Waals surface area contributed by atoms with Gasteiger partial charge in [0.15, 0.2) is 0 Å². The monoisotopic (exact) mass is 197 g/mol. The quantitative estimate of drug-likeness (QED) is 0.748. The molecular formula is C11H19NO2. The van der Waals surface area contributed by atoms with Gasteiger partial charge in [-0.15, -0.1) is 0 Å².